The molecule has 0 spiro atoms. The second kappa shape index (κ2) is 5.86. The van der Waals surface area contributed by atoms with Crippen molar-refractivity contribution in [2.45, 2.75) is 12.8 Å². The fourth-order valence-corrected chi connectivity index (χ4v) is 1.65. The molecule has 1 N–H and O–H groups in total. The summed E-state index contributed by atoms with van der Waals surface area (Å²) in [7, 11) is 0. The highest BCUT2D eigenvalue weighted by Gasteiger charge is 2.02. The molecule has 5 nitrogen and oxygen atoms in total. The van der Waals surface area contributed by atoms with Gasteiger partial charge in [-0.3, -0.25) is 9.59 Å². The lowest BCUT2D eigenvalue weighted by Gasteiger charge is -2.02. The van der Waals surface area contributed by atoms with E-state index >= 15 is 0 Å². The number of carboxylic acids is 1. The molecular weight excluding hydrogens is 244 g/mol. The number of carbonyl (C=O) groups is 2. The molecule has 2 aromatic rings. The summed E-state index contributed by atoms with van der Waals surface area (Å²) >= 11 is 0. The molecule has 0 saturated carbocycles. The number of rotatable bonds is 5. The van der Waals surface area contributed by atoms with E-state index < -0.39 is 5.97 Å². The van der Waals surface area contributed by atoms with Gasteiger partial charge in [0.2, 0.25) is 0 Å². The van der Waals surface area contributed by atoms with Crippen molar-refractivity contribution in [2.24, 2.45) is 0 Å². The fraction of sp³-hybridized carbons (Fsp3) is 0.143. The van der Waals surface area contributed by atoms with Crippen LogP contribution < -0.4 is 0 Å². The maximum Gasteiger partial charge on any atom is 0.307 e. The lowest BCUT2D eigenvalue weighted by atomic mass is 10.1. The molecule has 0 atom stereocenters. The topological polar surface area (TPSA) is 80.2 Å². The molecule has 96 valence electrons. The molecule has 1 aromatic heterocycles. The van der Waals surface area contributed by atoms with Crippen LogP contribution in [0.25, 0.3) is 0 Å². The Morgan fingerprint density at radius 3 is 2.21 bits per heavy atom. The van der Waals surface area contributed by atoms with Gasteiger partial charge in [0.1, 0.15) is 5.82 Å². The van der Waals surface area contributed by atoms with Crippen molar-refractivity contribution in [3.63, 3.8) is 0 Å². The molecule has 2 rings (SSSR count). The third-order valence-corrected chi connectivity index (χ3v) is 2.60. The Labute approximate surface area is 110 Å². The average molecular weight is 256 g/mol. The van der Waals surface area contributed by atoms with E-state index in [9.17, 15) is 9.59 Å². The van der Waals surface area contributed by atoms with Crippen LogP contribution in [0.15, 0.2) is 36.7 Å². The smallest absolute Gasteiger partial charge is 0.307 e. The minimum absolute atomic E-state index is 0.0187. The van der Waals surface area contributed by atoms with Crippen molar-refractivity contribution in [2.75, 3.05) is 0 Å². The summed E-state index contributed by atoms with van der Waals surface area (Å²) in [6.45, 7) is 0. The third-order valence-electron chi connectivity index (χ3n) is 2.60. The first-order valence-corrected chi connectivity index (χ1v) is 5.73. The molecule has 0 radical (unpaired) electrons. The Morgan fingerprint density at radius 1 is 1.11 bits per heavy atom. The monoisotopic (exact) mass is 256 g/mol. The second-order valence-electron chi connectivity index (χ2n) is 4.11. The first kappa shape index (κ1) is 12.9. The standard InChI is InChI=1S/C14H12N2O3/c17-9-12-7-15-13(16-8-12)5-10-1-3-11(4-2-10)6-14(18)19/h1-4,7-9H,5-6H2,(H,18,19). The van der Waals surface area contributed by atoms with Crippen LogP contribution in [0.4, 0.5) is 0 Å². The van der Waals surface area contributed by atoms with Crippen LogP contribution in [0.3, 0.4) is 0 Å². The quantitative estimate of drug-likeness (QED) is 0.820. The van der Waals surface area contributed by atoms with E-state index in [-0.39, 0.29) is 6.42 Å². The summed E-state index contributed by atoms with van der Waals surface area (Å²) in [6.07, 6.45) is 4.23. The Bertz CT molecular complexity index is 577. The molecule has 0 fully saturated rings. The second-order valence-corrected chi connectivity index (χ2v) is 4.11. The number of carboxylic acid groups (broad SMARTS) is 1. The summed E-state index contributed by atoms with van der Waals surface area (Å²) in [6, 6.07) is 7.27. The van der Waals surface area contributed by atoms with Crippen LogP contribution in [0, 0.1) is 0 Å². The van der Waals surface area contributed by atoms with E-state index in [2.05, 4.69) is 9.97 Å². The highest BCUT2D eigenvalue weighted by Crippen LogP contribution is 2.08. The molecule has 0 amide bonds. The minimum Gasteiger partial charge on any atom is -0.481 e. The third kappa shape index (κ3) is 3.70. The maximum absolute atomic E-state index is 10.6. The first-order valence-electron chi connectivity index (χ1n) is 5.73. The van der Waals surface area contributed by atoms with Gasteiger partial charge in [0.25, 0.3) is 0 Å². The average Bonchev–Trinajstić information content (AvgIpc) is 2.41. The highest BCUT2D eigenvalue weighted by atomic mass is 16.4. The molecular formula is C14H12N2O3. The van der Waals surface area contributed by atoms with Gasteiger partial charge in [-0.25, -0.2) is 9.97 Å². The van der Waals surface area contributed by atoms with Crippen LogP contribution in [-0.4, -0.2) is 27.3 Å². The molecule has 0 aliphatic heterocycles. The van der Waals surface area contributed by atoms with Gasteiger partial charge in [0.05, 0.1) is 12.0 Å². The van der Waals surface area contributed by atoms with E-state index in [1.807, 2.05) is 12.1 Å². The number of hydrogen-bond donors (Lipinski definition) is 1. The van der Waals surface area contributed by atoms with E-state index in [0.29, 0.717) is 24.1 Å². The van der Waals surface area contributed by atoms with Crippen LogP contribution in [0.1, 0.15) is 27.3 Å². The molecule has 1 aromatic carbocycles. The van der Waals surface area contributed by atoms with E-state index in [4.69, 9.17) is 5.11 Å². The zero-order chi connectivity index (χ0) is 13.7. The van der Waals surface area contributed by atoms with E-state index in [0.717, 1.165) is 11.1 Å². The summed E-state index contributed by atoms with van der Waals surface area (Å²) in [4.78, 5) is 29.2. The Kier molecular flexibility index (Phi) is 3.97. The van der Waals surface area contributed by atoms with Gasteiger partial charge in [-0.1, -0.05) is 24.3 Å². The van der Waals surface area contributed by atoms with Crippen molar-refractivity contribution < 1.29 is 14.7 Å². The van der Waals surface area contributed by atoms with E-state index in [1.54, 1.807) is 12.1 Å². The summed E-state index contributed by atoms with van der Waals surface area (Å²) in [5.41, 5.74) is 2.20. The zero-order valence-electron chi connectivity index (χ0n) is 10.1. The molecule has 1 heterocycles. The van der Waals surface area contributed by atoms with Gasteiger partial charge >= 0.3 is 5.97 Å². The van der Waals surface area contributed by atoms with Gasteiger partial charge in [-0.05, 0) is 11.1 Å². The SMILES string of the molecule is O=Cc1cnc(Cc2ccc(CC(=O)O)cc2)nc1. The summed E-state index contributed by atoms with van der Waals surface area (Å²) < 4.78 is 0. The number of aldehydes is 1. The van der Waals surface area contributed by atoms with Crippen LogP contribution in [0.5, 0.6) is 0 Å². The number of carbonyl (C=O) groups excluding carboxylic acids is 1. The molecule has 0 bridgehead atoms. The van der Waals surface area contributed by atoms with Gasteiger partial charge in [-0.15, -0.1) is 0 Å². The zero-order valence-corrected chi connectivity index (χ0v) is 10.1. The minimum atomic E-state index is -0.847. The molecule has 0 aliphatic rings. The van der Waals surface area contributed by atoms with Gasteiger partial charge < -0.3 is 5.11 Å². The summed E-state index contributed by atoms with van der Waals surface area (Å²) in [5.74, 6) is -0.225. The highest BCUT2D eigenvalue weighted by molar-refractivity contribution is 5.73. The normalized spacial score (nSPS) is 10.1. The molecule has 19 heavy (non-hydrogen) atoms. The molecule has 5 heteroatoms. The lowest BCUT2D eigenvalue weighted by molar-refractivity contribution is -0.136. The number of benzene rings is 1. The predicted octanol–water partition coefficient (Wildman–Crippen LogP) is 1.51. The first-order chi connectivity index (χ1) is 9.17. The number of nitrogens with zero attached hydrogens (tertiary/aromatic N) is 2. The lowest BCUT2D eigenvalue weighted by Crippen LogP contribution is -2.01. The molecule has 0 saturated heterocycles. The Balaban J connectivity index is 2.05. The van der Waals surface area contributed by atoms with Crippen molar-refractivity contribution in [3.8, 4) is 0 Å². The predicted molar refractivity (Wildman–Crippen MR) is 68.0 cm³/mol. The van der Waals surface area contributed by atoms with Gasteiger partial charge in [0.15, 0.2) is 6.29 Å². The summed E-state index contributed by atoms with van der Waals surface area (Å²) in [5, 5.41) is 8.67. The Hall–Kier alpha value is -2.56. The Morgan fingerprint density at radius 2 is 1.68 bits per heavy atom. The van der Waals surface area contributed by atoms with Crippen molar-refractivity contribution in [3.05, 3.63) is 59.2 Å². The maximum atomic E-state index is 10.6. The van der Waals surface area contributed by atoms with Crippen LogP contribution in [-0.2, 0) is 17.6 Å². The molecule has 0 unspecified atom stereocenters. The largest absolute Gasteiger partial charge is 0.481 e. The van der Waals surface area contributed by atoms with Gasteiger partial charge in [0, 0.05) is 18.8 Å². The van der Waals surface area contributed by atoms with Crippen molar-refractivity contribution in [1.82, 2.24) is 9.97 Å². The number of hydrogen-bond acceptors (Lipinski definition) is 4. The van der Waals surface area contributed by atoms with Gasteiger partial charge in [-0.2, -0.15) is 0 Å². The van der Waals surface area contributed by atoms with E-state index in [1.165, 1.54) is 12.4 Å². The number of aliphatic carboxylic acids is 1. The van der Waals surface area contributed by atoms with Crippen LogP contribution >= 0.6 is 0 Å². The fourth-order valence-electron chi connectivity index (χ4n) is 1.65. The van der Waals surface area contributed by atoms with Crippen molar-refractivity contribution >= 4 is 12.3 Å². The number of aromatic nitrogens is 2. The molecule has 0 aliphatic carbocycles. The van der Waals surface area contributed by atoms with Crippen LogP contribution in [0.2, 0.25) is 0 Å². The van der Waals surface area contributed by atoms with Crippen molar-refractivity contribution in [1.29, 1.82) is 0 Å².